The lowest BCUT2D eigenvalue weighted by atomic mass is 10.1. The Morgan fingerprint density at radius 2 is 2.05 bits per heavy atom. The lowest BCUT2D eigenvalue weighted by Gasteiger charge is -2.27. The molecular weight excluding hydrogens is 278 g/mol. The van der Waals surface area contributed by atoms with E-state index in [2.05, 4.69) is 24.3 Å². The minimum Gasteiger partial charge on any atom is -0.376 e. The van der Waals surface area contributed by atoms with Crippen LogP contribution in [0.15, 0.2) is 24.3 Å². The Morgan fingerprint density at radius 1 is 1.36 bits per heavy atom. The zero-order valence-corrected chi connectivity index (χ0v) is 13.5. The van der Waals surface area contributed by atoms with Gasteiger partial charge in [-0.2, -0.15) is 0 Å². The molecule has 0 spiro atoms. The van der Waals surface area contributed by atoms with Crippen molar-refractivity contribution in [3.8, 4) is 0 Å². The van der Waals surface area contributed by atoms with Crippen LogP contribution in [0.3, 0.4) is 0 Å². The summed E-state index contributed by atoms with van der Waals surface area (Å²) < 4.78 is 11.3. The summed E-state index contributed by atoms with van der Waals surface area (Å²) in [5.41, 5.74) is 2.72. The molecule has 0 unspecified atom stereocenters. The second-order valence-corrected chi connectivity index (χ2v) is 6.39. The largest absolute Gasteiger partial charge is 0.376 e. The molecule has 0 aromatic heterocycles. The van der Waals surface area contributed by atoms with Gasteiger partial charge in [-0.3, -0.25) is 4.79 Å². The molecule has 0 N–H and O–H groups in total. The highest BCUT2D eigenvalue weighted by atomic mass is 16.5. The molecular formula is C18H25NO3. The number of fused-ring (bicyclic) bond motifs is 1. The van der Waals surface area contributed by atoms with Crippen LogP contribution in [0.2, 0.25) is 0 Å². The maximum atomic E-state index is 12.5. The number of ether oxygens (including phenoxy) is 2. The van der Waals surface area contributed by atoms with Crippen molar-refractivity contribution < 1.29 is 14.3 Å². The summed E-state index contributed by atoms with van der Waals surface area (Å²) in [6, 6.07) is 8.70. The second kappa shape index (κ2) is 6.80. The van der Waals surface area contributed by atoms with Gasteiger partial charge in [0.05, 0.1) is 12.7 Å². The van der Waals surface area contributed by atoms with Crippen LogP contribution in [0.1, 0.15) is 30.9 Å². The van der Waals surface area contributed by atoms with Crippen LogP contribution in [0.25, 0.3) is 0 Å². The van der Waals surface area contributed by atoms with Gasteiger partial charge in [0.25, 0.3) is 5.91 Å². The van der Waals surface area contributed by atoms with E-state index in [0.29, 0.717) is 6.61 Å². The van der Waals surface area contributed by atoms with Gasteiger partial charge in [0.2, 0.25) is 0 Å². The molecule has 4 nitrogen and oxygen atoms in total. The Hall–Kier alpha value is -1.39. The van der Waals surface area contributed by atoms with Crippen molar-refractivity contribution in [1.82, 2.24) is 4.90 Å². The van der Waals surface area contributed by atoms with Crippen molar-refractivity contribution in [2.75, 3.05) is 20.3 Å². The Kier molecular flexibility index (Phi) is 4.79. The fourth-order valence-corrected chi connectivity index (χ4v) is 3.37. The molecule has 1 heterocycles. The molecule has 2 atom stereocenters. The van der Waals surface area contributed by atoms with E-state index in [9.17, 15) is 4.79 Å². The fraction of sp³-hybridized carbons (Fsp3) is 0.611. The molecule has 1 fully saturated rings. The van der Waals surface area contributed by atoms with Crippen molar-refractivity contribution in [2.45, 2.75) is 50.9 Å². The lowest BCUT2D eigenvalue weighted by Crippen LogP contribution is -2.44. The number of likely N-dealkylation sites (N-methyl/N-ethyl adjacent to an activating group) is 1. The second-order valence-electron chi connectivity index (χ2n) is 6.39. The molecule has 0 saturated carbocycles. The van der Waals surface area contributed by atoms with Gasteiger partial charge < -0.3 is 14.4 Å². The Morgan fingerprint density at radius 3 is 2.64 bits per heavy atom. The summed E-state index contributed by atoms with van der Waals surface area (Å²) in [6.07, 6.45) is 3.77. The molecule has 1 aromatic rings. The molecule has 1 aliphatic carbocycles. The molecule has 3 rings (SSSR count). The third-order valence-corrected chi connectivity index (χ3v) is 4.83. The minimum atomic E-state index is -0.405. The van der Waals surface area contributed by atoms with E-state index in [1.165, 1.54) is 11.1 Å². The zero-order chi connectivity index (χ0) is 15.5. The van der Waals surface area contributed by atoms with Gasteiger partial charge in [-0.25, -0.2) is 0 Å². The molecule has 1 amide bonds. The van der Waals surface area contributed by atoms with Crippen molar-refractivity contribution in [3.05, 3.63) is 35.4 Å². The smallest absolute Gasteiger partial charge is 0.251 e. The quantitative estimate of drug-likeness (QED) is 0.837. The monoisotopic (exact) mass is 303 g/mol. The van der Waals surface area contributed by atoms with Crippen LogP contribution in [0.4, 0.5) is 0 Å². The van der Waals surface area contributed by atoms with Crippen molar-refractivity contribution >= 4 is 5.91 Å². The molecule has 1 aromatic carbocycles. The van der Waals surface area contributed by atoms with E-state index in [-0.39, 0.29) is 18.1 Å². The molecule has 1 saturated heterocycles. The van der Waals surface area contributed by atoms with Gasteiger partial charge in [0, 0.05) is 19.7 Å². The van der Waals surface area contributed by atoms with Crippen molar-refractivity contribution in [3.63, 3.8) is 0 Å². The molecule has 0 bridgehead atoms. The third kappa shape index (κ3) is 3.33. The molecule has 0 radical (unpaired) electrons. The minimum absolute atomic E-state index is 0.0656. The summed E-state index contributed by atoms with van der Waals surface area (Å²) >= 11 is 0. The maximum Gasteiger partial charge on any atom is 0.251 e. The van der Waals surface area contributed by atoms with Crippen LogP contribution in [0, 0.1) is 0 Å². The lowest BCUT2D eigenvalue weighted by molar-refractivity contribution is -0.145. The Bertz CT molecular complexity index is 500. The standard InChI is InChI=1S/C18H25NO3/c1-13(22-12-17-8-5-9-21-17)18(20)19(2)16-10-14-6-3-4-7-15(14)11-16/h3-4,6-7,13,16-17H,5,8-12H2,1-2H3/t13-,17+/m1/s1. The summed E-state index contributed by atoms with van der Waals surface area (Å²) in [7, 11) is 1.89. The van der Waals surface area contributed by atoms with E-state index >= 15 is 0 Å². The first-order valence-corrected chi connectivity index (χ1v) is 8.22. The van der Waals surface area contributed by atoms with E-state index < -0.39 is 6.10 Å². The van der Waals surface area contributed by atoms with Gasteiger partial charge in [0.15, 0.2) is 0 Å². The van der Waals surface area contributed by atoms with Gasteiger partial charge >= 0.3 is 0 Å². The zero-order valence-electron chi connectivity index (χ0n) is 13.5. The first kappa shape index (κ1) is 15.5. The number of nitrogens with zero attached hydrogens (tertiary/aromatic N) is 1. The SMILES string of the molecule is C[C@@H](OC[C@@H]1CCCO1)C(=O)N(C)C1Cc2ccccc2C1. The predicted octanol–water partition coefficient (Wildman–Crippen LogP) is 2.20. The van der Waals surface area contributed by atoms with Gasteiger partial charge in [0.1, 0.15) is 6.10 Å². The highest BCUT2D eigenvalue weighted by molar-refractivity contribution is 5.80. The highest BCUT2D eigenvalue weighted by Crippen LogP contribution is 2.25. The fourth-order valence-electron chi connectivity index (χ4n) is 3.37. The van der Waals surface area contributed by atoms with E-state index in [1.807, 2.05) is 18.9 Å². The highest BCUT2D eigenvalue weighted by Gasteiger charge is 2.30. The number of rotatable bonds is 5. The maximum absolute atomic E-state index is 12.5. The number of amides is 1. The molecule has 2 aliphatic rings. The molecule has 22 heavy (non-hydrogen) atoms. The first-order valence-electron chi connectivity index (χ1n) is 8.22. The van der Waals surface area contributed by atoms with E-state index in [1.54, 1.807) is 0 Å². The van der Waals surface area contributed by atoms with Gasteiger partial charge in [-0.1, -0.05) is 24.3 Å². The van der Waals surface area contributed by atoms with E-state index in [0.717, 1.165) is 32.3 Å². The van der Waals surface area contributed by atoms with Crippen LogP contribution < -0.4 is 0 Å². The first-order chi connectivity index (χ1) is 10.6. The number of hydrogen-bond donors (Lipinski definition) is 0. The Labute approximate surface area is 132 Å². The average Bonchev–Trinajstić information content (AvgIpc) is 3.19. The van der Waals surface area contributed by atoms with Crippen molar-refractivity contribution in [1.29, 1.82) is 0 Å². The molecule has 120 valence electrons. The van der Waals surface area contributed by atoms with Gasteiger partial charge in [-0.15, -0.1) is 0 Å². The number of carbonyl (C=O) groups is 1. The normalized spacial score (nSPS) is 22.5. The number of benzene rings is 1. The summed E-state index contributed by atoms with van der Waals surface area (Å²) in [6.45, 7) is 3.18. The topological polar surface area (TPSA) is 38.8 Å². The van der Waals surface area contributed by atoms with Crippen LogP contribution in [0.5, 0.6) is 0 Å². The average molecular weight is 303 g/mol. The summed E-state index contributed by atoms with van der Waals surface area (Å²) in [5.74, 6) is 0.0656. The van der Waals surface area contributed by atoms with Crippen LogP contribution >= 0.6 is 0 Å². The number of hydrogen-bond acceptors (Lipinski definition) is 3. The van der Waals surface area contributed by atoms with E-state index in [4.69, 9.17) is 9.47 Å². The molecule has 4 heteroatoms. The van der Waals surface area contributed by atoms with Gasteiger partial charge in [-0.05, 0) is 43.7 Å². The predicted molar refractivity (Wildman–Crippen MR) is 84.8 cm³/mol. The number of carbonyl (C=O) groups excluding carboxylic acids is 1. The van der Waals surface area contributed by atoms with Crippen LogP contribution in [-0.2, 0) is 27.1 Å². The third-order valence-electron chi connectivity index (χ3n) is 4.83. The summed E-state index contributed by atoms with van der Waals surface area (Å²) in [5, 5.41) is 0. The van der Waals surface area contributed by atoms with Crippen molar-refractivity contribution in [2.24, 2.45) is 0 Å². The molecule has 1 aliphatic heterocycles. The summed E-state index contributed by atoms with van der Waals surface area (Å²) in [4.78, 5) is 14.4. The van der Waals surface area contributed by atoms with Crippen LogP contribution in [-0.4, -0.2) is 49.3 Å². The Balaban J connectivity index is 1.51.